The molecular formula is C28H23NO6. The lowest BCUT2D eigenvalue weighted by Crippen LogP contribution is -2.28. The third-order valence-corrected chi connectivity index (χ3v) is 5.87. The van der Waals surface area contributed by atoms with Gasteiger partial charge in [0.05, 0.1) is 24.6 Å². The van der Waals surface area contributed by atoms with E-state index in [0.29, 0.717) is 29.4 Å². The fourth-order valence-corrected chi connectivity index (χ4v) is 4.19. The average molecular weight is 469 g/mol. The second-order valence-electron chi connectivity index (χ2n) is 8.32. The molecule has 1 fully saturated rings. The van der Waals surface area contributed by atoms with E-state index in [0.717, 1.165) is 11.1 Å². The number of rotatable bonds is 7. The molecule has 4 aromatic rings. The number of benzene rings is 2. The summed E-state index contributed by atoms with van der Waals surface area (Å²) in [7, 11) is 0. The molecule has 1 amide bonds. The molecule has 0 spiro atoms. The van der Waals surface area contributed by atoms with Crippen LogP contribution in [0.4, 0.5) is 0 Å². The number of Topliss-reactive ketones (excluding diaryl/α,β-unsaturated/α-hetero) is 1. The molecule has 2 aromatic heterocycles. The number of ether oxygens (including phenoxy) is 1. The molecule has 1 aliphatic heterocycles. The normalized spacial score (nSPS) is 17.2. The van der Waals surface area contributed by atoms with Gasteiger partial charge < -0.3 is 23.6 Å². The van der Waals surface area contributed by atoms with Crippen LogP contribution in [0.25, 0.3) is 5.76 Å². The number of likely N-dealkylation sites (tertiary alicyclic amines) is 1. The van der Waals surface area contributed by atoms with Crippen molar-refractivity contribution in [2.75, 3.05) is 0 Å². The monoisotopic (exact) mass is 469 g/mol. The Morgan fingerprint density at radius 2 is 1.74 bits per heavy atom. The summed E-state index contributed by atoms with van der Waals surface area (Å²) < 4.78 is 16.8. The van der Waals surface area contributed by atoms with Crippen molar-refractivity contribution < 1.29 is 28.3 Å². The fraction of sp³-hybridized carbons (Fsp3) is 0.143. The van der Waals surface area contributed by atoms with E-state index in [1.165, 1.54) is 17.4 Å². The van der Waals surface area contributed by atoms with Gasteiger partial charge in [0.1, 0.15) is 35.7 Å². The Bertz CT molecular complexity index is 1370. The maximum Gasteiger partial charge on any atom is 0.296 e. The number of carbonyl (C=O) groups is 2. The lowest BCUT2D eigenvalue weighted by molar-refractivity contribution is -0.140. The molecule has 1 saturated heterocycles. The predicted molar refractivity (Wildman–Crippen MR) is 127 cm³/mol. The first-order valence-electron chi connectivity index (χ1n) is 11.1. The molecule has 7 nitrogen and oxygen atoms in total. The molecule has 5 rings (SSSR count). The summed E-state index contributed by atoms with van der Waals surface area (Å²) in [5, 5.41) is 11.1. The highest BCUT2D eigenvalue weighted by atomic mass is 16.5. The summed E-state index contributed by atoms with van der Waals surface area (Å²) in [5.41, 5.74) is 2.55. The fourth-order valence-electron chi connectivity index (χ4n) is 4.19. The number of hydrogen-bond donors (Lipinski definition) is 1. The minimum Gasteiger partial charge on any atom is -0.507 e. The third-order valence-electron chi connectivity index (χ3n) is 5.87. The molecule has 1 N–H and O–H groups in total. The van der Waals surface area contributed by atoms with Crippen LogP contribution in [-0.4, -0.2) is 21.7 Å². The van der Waals surface area contributed by atoms with Crippen molar-refractivity contribution in [2.45, 2.75) is 26.1 Å². The van der Waals surface area contributed by atoms with Crippen LogP contribution in [0.2, 0.25) is 0 Å². The van der Waals surface area contributed by atoms with Gasteiger partial charge in [0.25, 0.3) is 11.7 Å². The third kappa shape index (κ3) is 4.48. The zero-order valence-electron chi connectivity index (χ0n) is 19.0. The Kier molecular flexibility index (Phi) is 5.97. The van der Waals surface area contributed by atoms with Crippen LogP contribution in [0.3, 0.4) is 0 Å². The lowest BCUT2D eigenvalue weighted by Gasteiger charge is -2.22. The average Bonchev–Trinajstić information content (AvgIpc) is 3.62. The first kappa shape index (κ1) is 22.3. The zero-order chi connectivity index (χ0) is 24.4. The number of ketones is 1. The second kappa shape index (κ2) is 9.38. The van der Waals surface area contributed by atoms with Gasteiger partial charge >= 0.3 is 0 Å². The molecule has 35 heavy (non-hydrogen) atoms. The Balaban J connectivity index is 1.43. The first-order chi connectivity index (χ1) is 17.0. The van der Waals surface area contributed by atoms with Crippen molar-refractivity contribution in [1.82, 2.24) is 4.90 Å². The van der Waals surface area contributed by atoms with Crippen LogP contribution in [0, 0.1) is 6.92 Å². The molecule has 0 saturated carbocycles. The Hall–Kier alpha value is -4.52. The minimum absolute atomic E-state index is 0.0371. The van der Waals surface area contributed by atoms with Crippen molar-refractivity contribution in [2.24, 2.45) is 0 Å². The summed E-state index contributed by atoms with van der Waals surface area (Å²) in [6, 6.07) is 20.7. The molecule has 1 unspecified atom stereocenters. The van der Waals surface area contributed by atoms with Crippen LogP contribution in [0.1, 0.15) is 34.3 Å². The van der Waals surface area contributed by atoms with E-state index in [1.807, 2.05) is 25.1 Å². The van der Waals surface area contributed by atoms with Crippen LogP contribution in [0.5, 0.6) is 5.75 Å². The molecule has 176 valence electrons. The van der Waals surface area contributed by atoms with Crippen molar-refractivity contribution in [1.29, 1.82) is 0 Å². The Morgan fingerprint density at radius 1 is 0.971 bits per heavy atom. The van der Waals surface area contributed by atoms with Crippen molar-refractivity contribution in [3.63, 3.8) is 0 Å². The van der Waals surface area contributed by atoms with Gasteiger partial charge in [-0.25, -0.2) is 0 Å². The van der Waals surface area contributed by atoms with E-state index in [1.54, 1.807) is 48.5 Å². The van der Waals surface area contributed by atoms with Gasteiger partial charge in [-0.3, -0.25) is 9.59 Å². The van der Waals surface area contributed by atoms with Crippen LogP contribution in [0.15, 0.2) is 99.7 Å². The van der Waals surface area contributed by atoms with Crippen molar-refractivity contribution in [3.05, 3.63) is 119 Å². The first-order valence-corrected chi connectivity index (χ1v) is 11.1. The van der Waals surface area contributed by atoms with Gasteiger partial charge in [0.15, 0.2) is 0 Å². The lowest BCUT2D eigenvalue weighted by atomic mass is 9.99. The van der Waals surface area contributed by atoms with Crippen LogP contribution < -0.4 is 4.74 Å². The second-order valence-corrected chi connectivity index (χ2v) is 8.32. The van der Waals surface area contributed by atoms with Crippen molar-refractivity contribution >= 4 is 17.4 Å². The van der Waals surface area contributed by atoms with Gasteiger partial charge in [-0.15, -0.1) is 0 Å². The quantitative estimate of drug-likeness (QED) is 0.222. The highest BCUT2D eigenvalue weighted by Gasteiger charge is 2.47. The minimum atomic E-state index is -0.882. The zero-order valence-corrected chi connectivity index (χ0v) is 19.0. The van der Waals surface area contributed by atoms with Gasteiger partial charge in [-0.2, -0.15) is 0 Å². The largest absolute Gasteiger partial charge is 0.507 e. The van der Waals surface area contributed by atoms with E-state index >= 15 is 0 Å². The van der Waals surface area contributed by atoms with Crippen molar-refractivity contribution in [3.8, 4) is 5.75 Å². The summed E-state index contributed by atoms with van der Waals surface area (Å²) in [4.78, 5) is 27.3. The molecule has 7 heteroatoms. The molecule has 0 bridgehead atoms. The van der Waals surface area contributed by atoms with Crippen LogP contribution >= 0.6 is 0 Å². The maximum atomic E-state index is 13.0. The van der Waals surface area contributed by atoms with E-state index in [4.69, 9.17) is 13.6 Å². The van der Waals surface area contributed by atoms with Gasteiger partial charge in [0.2, 0.25) is 0 Å². The summed E-state index contributed by atoms with van der Waals surface area (Å²) >= 11 is 0. The summed E-state index contributed by atoms with van der Waals surface area (Å²) in [6.07, 6.45) is 2.96. The number of aliphatic hydroxyl groups excluding tert-OH is 1. The standard InChI is InChI=1S/C28H23NO6/c1-18-5-2-6-19(15-18)17-35-21-11-9-20(10-12-21)26(30)24-25(23-8-4-14-34-23)29(28(32)27(24)31)16-22-7-3-13-33-22/h2-15,25,30H,16-17H2,1H3/b26-24+. The van der Waals surface area contributed by atoms with Gasteiger partial charge in [-0.1, -0.05) is 29.8 Å². The van der Waals surface area contributed by atoms with E-state index in [2.05, 4.69) is 6.07 Å². The van der Waals surface area contributed by atoms with E-state index < -0.39 is 17.7 Å². The maximum absolute atomic E-state index is 13.0. The number of aryl methyl sites for hydroxylation is 1. The van der Waals surface area contributed by atoms with E-state index in [-0.39, 0.29) is 17.9 Å². The molecule has 0 aliphatic carbocycles. The van der Waals surface area contributed by atoms with Gasteiger partial charge in [-0.05, 0) is 61.0 Å². The predicted octanol–water partition coefficient (Wildman–Crippen LogP) is 5.38. The topological polar surface area (TPSA) is 93.1 Å². The highest BCUT2D eigenvalue weighted by molar-refractivity contribution is 6.46. The molecule has 3 heterocycles. The Morgan fingerprint density at radius 3 is 2.43 bits per heavy atom. The van der Waals surface area contributed by atoms with Crippen LogP contribution in [-0.2, 0) is 22.7 Å². The van der Waals surface area contributed by atoms with E-state index in [9.17, 15) is 14.7 Å². The number of aliphatic hydroxyl groups is 1. The summed E-state index contributed by atoms with van der Waals surface area (Å²) in [5.74, 6) is -0.299. The summed E-state index contributed by atoms with van der Waals surface area (Å²) in [6.45, 7) is 2.49. The SMILES string of the molecule is Cc1cccc(COc2ccc(/C(O)=C3\C(=O)C(=O)N(Cc4ccco4)C3c3ccco3)cc2)c1. The molecule has 1 atom stereocenters. The molecule has 1 aliphatic rings. The number of carbonyl (C=O) groups excluding carboxylic acids is 2. The molecule has 0 radical (unpaired) electrons. The molecular weight excluding hydrogens is 446 g/mol. The Labute approximate surface area is 201 Å². The highest BCUT2D eigenvalue weighted by Crippen LogP contribution is 2.40. The number of furan rings is 2. The van der Waals surface area contributed by atoms with Gasteiger partial charge in [0, 0.05) is 5.56 Å². The smallest absolute Gasteiger partial charge is 0.296 e. The number of amides is 1. The number of hydrogen-bond acceptors (Lipinski definition) is 6. The molecule has 2 aromatic carbocycles. The number of nitrogens with zero attached hydrogens (tertiary/aromatic N) is 1.